The lowest BCUT2D eigenvalue weighted by Crippen LogP contribution is -2.22. The molecule has 106 valence electrons. The summed E-state index contributed by atoms with van der Waals surface area (Å²) in [7, 11) is 3.24. The first-order chi connectivity index (χ1) is 9.24. The predicted molar refractivity (Wildman–Crippen MR) is 76.6 cm³/mol. The number of rotatable bonds is 5. The van der Waals surface area contributed by atoms with Gasteiger partial charge in [-0.3, -0.25) is 0 Å². The molecule has 0 amide bonds. The van der Waals surface area contributed by atoms with E-state index < -0.39 is 0 Å². The second kappa shape index (κ2) is 6.87. The second-order valence-corrected chi connectivity index (χ2v) is 5.03. The molecule has 0 unspecified atom stereocenters. The van der Waals surface area contributed by atoms with Gasteiger partial charge in [0.2, 0.25) is 0 Å². The van der Waals surface area contributed by atoms with Crippen LogP contribution in [0, 0.1) is 5.92 Å². The van der Waals surface area contributed by atoms with E-state index in [1.807, 2.05) is 6.07 Å². The number of methoxy groups -OCH3 is 2. The average molecular weight is 286 g/mol. The van der Waals surface area contributed by atoms with Crippen LogP contribution in [-0.4, -0.2) is 34.0 Å². The Labute approximate surface area is 119 Å². The zero-order chi connectivity index (χ0) is 13.7. The molecule has 0 spiro atoms. The molecule has 0 aliphatic carbocycles. The van der Waals surface area contributed by atoms with Crippen molar-refractivity contribution in [1.29, 1.82) is 0 Å². The van der Waals surface area contributed by atoms with Crippen LogP contribution in [0.3, 0.4) is 0 Å². The standard InChI is InChI=1S/C14H20ClNO3/c1-17-13-8-12(14(18-2)7-11(13)15)16-9-10-3-5-19-6-4-10/h7-8,10,16H,3-6,9H2,1-2H3. The second-order valence-electron chi connectivity index (χ2n) is 4.62. The van der Waals surface area contributed by atoms with Crippen LogP contribution >= 0.6 is 11.6 Å². The third-order valence-electron chi connectivity index (χ3n) is 3.40. The lowest BCUT2D eigenvalue weighted by Gasteiger charge is -2.23. The van der Waals surface area contributed by atoms with Gasteiger partial charge in [0.05, 0.1) is 24.9 Å². The third kappa shape index (κ3) is 3.67. The fraction of sp³-hybridized carbons (Fsp3) is 0.571. The van der Waals surface area contributed by atoms with E-state index in [9.17, 15) is 0 Å². The Morgan fingerprint density at radius 3 is 2.53 bits per heavy atom. The molecule has 0 aromatic heterocycles. The normalized spacial score (nSPS) is 16.2. The van der Waals surface area contributed by atoms with Gasteiger partial charge in [-0.05, 0) is 18.8 Å². The summed E-state index contributed by atoms with van der Waals surface area (Å²) in [4.78, 5) is 0. The Kier molecular flexibility index (Phi) is 5.16. The Morgan fingerprint density at radius 2 is 1.89 bits per heavy atom. The van der Waals surface area contributed by atoms with Crippen molar-refractivity contribution in [2.75, 3.05) is 39.3 Å². The predicted octanol–water partition coefficient (Wildman–Crippen LogP) is 3.20. The molecular weight excluding hydrogens is 266 g/mol. The van der Waals surface area contributed by atoms with E-state index in [2.05, 4.69) is 5.32 Å². The highest BCUT2D eigenvalue weighted by atomic mass is 35.5. The molecule has 0 radical (unpaired) electrons. The van der Waals surface area contributed by atoms with Crippen molar-refractivity contribution >= 4 is 17.3 Å². The van der Waals surface area contributed by atoms with Crippen LogP contribution in [-0.2, 0) is 4.74 Å². The molecule has 5 heteroatoms. The van der Waals surface area contributed by atoms with Crippen LogP contribution in [0.15, 0.2) is 12.1 Å². The first-order valence-corrected chi connectivity index (χ1v) is 6.85. The van der Waals surface area contributed by atoms with Crippen molar-refractivity contribution in [3.05, 3.63) is 17.2 Å². The molecule has 0 saturated carbocycles. The van der Waals surface area contributed by atoms with Gasteiger partial charge in [0.25, 0.3) is 0 Å². The monoisotopic (exact) mass is 285 g/mol. The van der Waals surface area contributed by atoms with Gasteiger partial charge in [0.1, 0.15) is 11.5 Å². The molecule has 1 fully saturated rings. The van der Waals surface area contributed by atoms with Crippen LogP contribution in [0.5, 0.6) is 11.5 Å². The number of halogens is 1. The summed E-state index contributed by atoms with van der Waals surface area (Å²) in [5.41, 5.74) is 0.912. The number of nitrogens with one attached hydrogen (secondary N) is 1. The van der Waals surface area contributed by atoms with Crippen LogP contribution in [0.2, 0.25) is 5.02 Å². The van der Waals surface area contributed by atoms with E-state index in [0.717, 1.165) is 44.0 Å². The number of benzene rings is 1. The summed E-state index contributed by atoms with van der Waals surface area (Å²) < 4.78 is 15.9. The van der Waals surface area contributed by atoms with Gasteiger partial charge in [-0.15, -0.1) is 0 Å². The first-order valence-electron chi connectivity index (χ1n) is 6.47. The topological polar surface area (TPSA) is 39.7 Å². The average Bonchev–Trinajstić information content (AvgIpc) is 2.46. The largest absolute Gasteiger partial charge is 0.495 e. The van der Waals surface area contributed by atoms with Crippen LogP contribution in [0.25, 0.3) is 0 Å². The molecule has 1 aliphatic heterocycles. The maximum absolute atomic E-state index is 6.08. The minimum atomic E-state index is 0.552. The van der Waals surface area contributed by atoms with Gasteiger partial charge in [0.15, 0.2) is 0 Å². The summed E-state index contributed by atoms with van der Waals surface area (Å²) in [6.45, 7) is 2.62. The number of anilines is 1. The quantitative estimate of drug-likeness (QED) is 0.902. The molecule has 1 aromatic carbocycles. The van der Waals surface area contributed by atoms with Crippen molar-refractivity contribution in [2.45, 2.75) is 12.8 Å². The summed E-state index contributed by atoms with van der Waals surface area (Å²) in [5.74, 6) is 2.02. The van der Waals surface area contributed by atoms with Crippen molar-refractivity contribution in [3.63, 3.8) is 0 Å². The van der Waals surface area contributed by atoms with Crippen molar-refractivity contribution < 1.29 is 14.2 Å². The van der Waals surface area contributed by atoms with Crippen LogP contribution in [0.1, 0.15) is 12.8 Å². The molecule has 0 bridgehead atoms. The van der Waals surface area contributed by atoms with Crippen LogP contribution in [0.4, 0.5) is 5.69 Å². The summed E-state index contributed by atoms with van der Waals surface area (Å²) in [6.07, 6.45) is 2.19. The van der Waals surface area contributed by atoms with Crippen molar-refractivity contribution in [2.24, 2.45) is 5.92 Å². The molecule has 19 heavy (non-hydrogen) atoms. The first kappa shape index (κ1) is 14.3. The van der Waals surface area contributed by atoms with E-state index in [4.69, 9.17) is 25.8 Å². The Bertz CT molecular complexity index is 419. The van der Waals surface area contributed by atoms with Gasteiger partial charge in [-0.1, -0.05) is 11.6 Å². The van der Waals surface area contributed by atoms with Gasteiger partial charge in [0, 0.05) is 31.9 Å². The molecule has 1 aliphatic rings. The van der Waals surface area contributed by atoms with Gasteiger partial charge in [-0.25, -0.2) is 0 Å². The highest BCUT2D eigenvalue weighted by molar-refractivity contribution is 6.32. The smallest absolute Gasteiger partial charge is 0.143 e. The van der Waals surface area contributed by atoms with Gasteiger partial charge < -0.3 is 19.5 Å². The fourth-order valence-corrected chi connectivity index (χ4v) is 2.43. The molecule has 1 saturated heterocycles. The maximum Gasteiger partial charge on any atom is 0.143 e. The number of hydrogen-bond donors (Lipinski definition) is 1. The zero-order valence-electron chi connectivity index (χ0n) is 11.4. The highest BCUT2D eigenvalue weighted by Crippen LogP contribution is 2.36. The summed E-state index contributed by atoms with van der Waals surface area (Å²) >= 11 is 6.08. The van der Waals surface area contributed by atoms with Gasteiger partial charge in [-0.2, -0.15) is 0 Å². The molecule has 1 heterocycles. The highest BCUT2D eigenvalue weighted by Gasteiger charge is 2.15. The van der Waals surface area contributed by atoms with E-state index in [1.165, 1.54) is 0 Å². The van der Waals surface area contributed by atoms with Crippen molar-refractivity contribution in [1.82, 2.24) is 0 Å². The molecule has 1 aromatic rings. The Morgan fingerprint density at radius 1 is 1.21 bits per heavy atom. The Balaban J connectivity index is 2.05. The third-order valence-corrected chi connectivity index (χ3v) is 3.69. The molecule has 2 rings (SSSR count). The maximum atomic E-state index is 6.08. The fourth-order valence-electron chi connectivity index (χ4n) is 2.20. The lowest BCUT2D eigenvalue weighted by atomic mass is 10.0. The minimum Gasteiger partial charge on any atom is -0.495 e. The molecule has 4 nitrogen and oxygen atoms in total. The number of ether oxygens (including phenoxy) is 3. The van der Waals surface area contributed by atoms with E-state index in [-0.39, 0.29) is 0 Å². The van der Waals surface area contributed by atoms with Crippen molar-refractivity contribution in [3.8, 4) is 11.5 Å². The molecule has 0 atom stereocenters. The SMILES string of the molecule is COc1cc(NCC2CCOCC2)c(OC)cc1Cl. The zero-order valence-corrected chi connectivity index (χ0v) is 12.1. The molecule has 1 N–H and O–H groups in total. The van der Waals surface area contributed by atoms with E-state index >= 15 is 0 Å². The number of hydrogen-bond acceptors (Lipinski definition) is 4. The van der Waals surface area contributed by atoms with Crippen LogP contribution < -0.4 is 14.8 Å². The lowest BCUT2D eigenvalue weighted by molar-refractivity contribution is 0.0699. The summed E-state index contributed by atoms with van der Waals surface area (Å²) in [5, 5.41) is 3.97. The van der Waals surface area contributed by atoms with E-state index in [0.29, 0.717) is 16.7 Å². The minimum absolute atomic E-state index is 0.552. The Hall–Kier alpha value is -1.13. The molecular formula is C14H20ClNO3. The van der Waals surface area contributed by atoms with E-state index in [1.54, 1.807) is 20.3 Å². The summed E-state index contributed by atoms with van der Waals surface area (Å²) in [6, 6.07) is 3.65. The van der Waals surface area contributed by atoms with Gasteiger partial charge >= 0.3 is 0 Å².